The Morgan fingerprint density at radius 3 is 2.84 bits per heavy atom. The Hall–Kier alpha value is -3.91. The molecule has 0 fully saturated rings. The van der Waals surface area contributed by atoms with Gasteiger partial charge in [0.15, 0.2) is 0 Å². The maximum atomic E-state index is 13.0. The van der Waals surface area contributed by atoms with Crippen molar-refractivity contribution < 1.29 is 19.4 Å². The molecule has 3 aromatic rings. The van der Waals surface area contributed by atoms with Gasteiger partial charge in [-0.1, -0.05) is 30.3 Å². The standard InChI is InChI=1S/C24H22N4O4/c1-28-13-25-10-17(28)9-20(24(30)31)26-22(14-6-7-15-11-32-12-16(15)8-14)21-18-4-2-3-5-19(18)27-23(21)29/h2-8,10,13,20,26H,9,11-12H2,1H3,(H,27,29)(H,30,31). The Balaban J connectivity index is 1.63. The average molecular weight is 430 g/mol. The van der Waals surface area contributed by atoms with Gasteiger partial charge < -0.3 is 25.0 Å². The molecule has 1 aromatic heterocycles. The lowest BCUT2D eigenvalue weighted by Crippen LogP contribution is -2.38. The summed E-state index contributed by atoms with van der Waals surface area (Å²) in [4.78, 5) is 29.3. The molecule has 2 aliphatic rings. The minimum atomic E-state index is -1.01. The molecule has 0 bridgehead atoms. The number of anilines is 1. The van der Waals surface area contributed by atoms with E-state index in [1.165, 1.54) is 0 Å². The number of nitrogens with one attached hydrogen (secondary N) is 2. The van der Waals surface area contributed by atoms with Crippen molar-refractivity contribution in [3.8, 4) is 0 Å². The molecule has 3 N–H and O–H groups in total. The van der Waals surface area contributed by atoms with Crippen LogP contribution in [-0.2, 0) is 41.0 Å². The number of hydrogen-bond donors (Lipinski definition) is 3. The molecule has 8 heteroatoms. The number of ether oxygens (including phenoxy) is 1. The third kappa shape index (κ3) is 3.54. The van der Waals surface area contributed by atoms with E-state index in [2.05, 4.69) is 15.6 Å². The van der Waals surface area contributed by atoms with E-state index in [1.54, 1.807) is 17.1 Å². The van der Waals surface area contributed by atoms with Gasteiger partial charge in [0.1, 0.15) is 6.04 Å². The van der Waals surface area contributed by atoms with Gasteiger partial charge in [0, 0.05) is 36.6 Å². The van der Waals surface area contributed by atoms with Crippen LogP contribution in [0.1, 0.15) is 27.9 Å². The fourth-order valence-corrected chi connectivity index (χ4v) is 4.16. The summed E-state index contributed by atoms with van der Waals surface area (Å²) < 4.78 is 7.32. The van der Waals surface area contributed by atoms with E-state index in [1.807, 2.05) is 49.5 Å². The first kappa shape index (κ1) is 20.0. The molecule has 0 saturated heterocycles. The van der Waals surface area contributed by atoms with E-state index >= 15 is 0 Å². The molecule has 0 saturated carbocycles. The zero-order chi connectivity index (χ0) is 22.2. The fourth-order valence-electron chi connectivity index (χ4n) is 4.16. The Kier molecular flexibility index (Phi) is 4.99. The first-order chi connectivity index (χ1) is 15.5. The zero-order valence-corrected chi connectivity index (χ0v) is 17.5. The van der Waals surface area contributed by atoms with Crippen molar-refractivity contribution in [1.82, 2.24) is 14.9 Å². The van der Waals surface area contributed by atoms with E-state index in [0.717, 1.165) is 27.9 Å². The van der Waals surface area contributed by atoms with Gasteiger partial charge in [0.05, 0.1) is 30.8 Å². The number of carbonyl (C=O) groups is 2. The summed E-state index contributed by atoms with van der Waals surface area (Å²) in [5.74, 6) is -1.28. The zero-order valence-electron chi connectivity index (χ0n) is 17.5. The number of aliphatic carboxylic acids is 1. The number of imidazole rings is 1. The second-order valence-corrected chi connectivity index (χ2v) is 7.96. The highest BCUT2D eigenvalue weighted by atomic mass is 16.5. The van der Waals surface area contributed by atoms with Crippen LogP contribution >= 0.6 is 0 Å². The van der Waals surface area contributed by atoms with Gasteiger partial charge in [-0.2, -0.15) is 0 Å². The third-order valence-electron chi connectivity index (χ3n) is 5.88. The maximum Gasteiger partial charge on any atom is 0.326 e. The number of nitrogens with zero attached hydrogens (tertiary/aromatic N) is 2. The Morgan fingerprint density at radius 2 is 2.06 bits per heavy atom. The molecule has 162 valence electrons. The van der Waals surface area contributed by atoms with Crippen molar-refractivity contribution >= 4 is 28.8 Å². The van der Waals surface area contributed by atoms with Crippen molar-refractivity contribution in [2.24, 2.45) is 7.05 Å². The predicted octanol–water partition coefficient (Wildman–Crippen LogP) is 2.56. The normalized spacial score (nSPS) is 16.8. The molecule has 3 heterocycles. The van der Waals surface area contributed by atoms with Gasteiger partial charge in [-0.05, 0) is 28.8 Å². The monoisotopic (exact) mass is 430 g/mol. The highest BCUT2D eigenvalue weighted by Gasteiger charge is 2.31. The lowest BCUT2D eigenvalue weighted by molar-refractivity contribution is -0.139. The van der Waals surface area contributed by atoms with Gasteiger partial charge in [0.2, 0.25) is 0 Å². The van der Waals surface area contributed by atoms with Gasteiger partial charge in [-0.3, -0.25) is 4.79 Å². The Morgan fingerprint density at radius 1 is 1.25 bits per heavy atom. The number of carboxylic acid groups (broad SMARTS) is 1. The smallest absolute Gasteiger partial charge is 0.326 e. The minimum absolute atomic E-state index is 0.208. The van der Waals surface area contributed by atoms with Gasteiger partial charge in [-0.25, -0.2) is 9.78 Å². The third-order valence-corrected chi connectivity index (χ3v) is 5.88. The second kappa shape index (κ2) is 7.97. The van der Waals surface area contributed by atoms with Crippen molar-refractivity contribution in [2.45, 2.75) is 25.7 Å². The number of amides is 1. The van der Waals surface area contributed by atoms with Crippen LogP contribution in [0.15, 0.2) is 55.0 Å². The molecule has 1 unspecified atom stereocenters. The average Bonchev–Trinajstić information content (AvgIpc) is 3.49. The van der Waals surface area contributed by atoms with E-state index < -0.39 is 12.0 Å². The Labute approximate surface area is 184 Å². The first-order valence-corrected chi connectivity index (χ1v) is 10.3. The van der Waals surface area contributed by atoms with Crippen LogP contribution in [0.5, 0.6) is 0 Å². The molecule has 8 nitrogen and oxygen atoms in total. The highest BCUT2D eigenvalue weighted by Crippen LogP contribution is 2.37. The molecule has 2 aliphatic heterocycles. The summed E-state index contributed by atoms with van der Waals surface area (Å²) in [5.41, 5.74) is 6.00. The van der Waals surface area contributed by atoms with Crippen LogP contribution in [0.25, 0.3) is 11.3 Å². The summed E-state index contributed by atoms with van der Waals surface area (Å²) in [6.45, 7) is 1.04. The summed E-state index contributed by atoms with van der Waals surface area (Å²) in [5, 5.41) is 16.0. The minimum Gasteiger partial charge on any atom is -0.480 e. The number of hydrogen-bond acceptors (Lipinski definition) is 5. The Bertz CT molecular complexity index is 1260. The van der Waals surface area contributed by atoms with Crippen LogP contribution in [0.3, 0.4) is 0 Å². The number of carboxylic acids is 1. The van der Waals surface area contributed by atoms with Crippen molar-refractivity contribution in [1.29, 1.82) is 0 Å². The SMILES string of the molecule is Cn1cncc1CC(NC(=C1C(=O)Nc2ccccc21)c1ccc2c(c1)COC2)C(=O)O. The maximum absolute atomic E-state index is 13.0. The molecule has 1 atom stereocenters. The summed E-state index contributed by atoms with van der Waals surface area (Å²) in [6.07, 6.45) is 3.49. The van der Waals surface area contributed by atoms with E-state index in [4.69, 9.17) is 4.74 Å². The molecular formula is C24H22N4O4. The fraction of sp³-hybridized carbons (Fsp3) is 0.208. The lowest BCUT2D eigenvalue weighted by atomic mass is 9.97. The number of para-hydroxylation sites is 1. The van der Waals surface area contributed by atoms with Crippen molar-refractivity contribution in [2.75, 3.05) is 5.32 Å². The largest absolute Gasteiger partial charge is 0.480 e. The number of aryl methyl sites for hydroxylation is 1. The topological polar surface area (TPSA) is 105 Å². The molecular weight excluding hydrogens is 408 g/mol. The molecule has 0 aliphatic carbocycles. The van der Waals surface area contributed by atoms with Gasteiger partial charge >= 0.3 is 5.97 Å². The van der Waals surface area contributed by atoms with E-state index in [0.29, 0.717) is 30.2 Å². The van der Waals surface area contributed by atoms with E-state index in [9.17, 15) is 14.7 Å². The molecule has 5 rings (SSSR count). The van der Waals surface area contributed by atoms with Crippen LogP contribution < -0.4 is 10.6 Å². The van der Waals surface area contributed by atoms with Crippen LogP contribution in [0.2, 0.25) is 0 Å². The molecule has 2 aromatic carbocycles. The van der Waals surface area contributed by atoms with Crippen LogP contribution in [-0.4, -0.2) is 32.6 Å². The molecule has 1 amide bonds. The molecule has 0 radical (unpaired) electrons. The quantitative estimate of drug-likeness (QED) is 0.519. The highest BCUT2D eigenvalue weighted by molar-refractivity contribution is 6.36. The van der Waals surface area contributed by atoms with Crippen LogP contribution in [0, 0.1) is 0 Å². The number of rotatable bonds is 6. The van der Waals surface area contributed by atoms with E-state index in [-0.39, 0.29) is 12.3 Å². The second-order valence-electron chi connectivity index (χ2n) is 7.96. The molecule has 0 spiro atoms. The molecule has 32 heavy (non-hydrogen) atoms. The number of benzene rings is 2. The van der Waals surface area contributed by atoms with Crippen molar-refractivity contribution in [3.05, 3.63) is 82.9 Å². The van der Waals surface area contributed by atoms with Crippen LogP contribution in [0.4, 0.5) is 5.69 Å². The number of fused-ring (bicyclic) bond motifs is 2. The number of carbonyl (C=O) groups excluding carboxylic acids is 1. The van der Waals surface area contributed by atoms with Crippen molar-refractivity contribution in [3.63, 3.8) is 0 Å². The first-order valence-electron chi connectivity index (χ1n) is 10.3. The number of aromatic nitrogens is 2. The predicted molar refractivity (Wildman–Crippen MR) is 118 cm³/mol. The summed E-state index contributed by atoms with van der Waals surface area (Å²) in [6, 6.07) is 12.3. The summed E-state index contributed by atoms with van der Waals surface area (Å²) >= 11 is 0. The van der Waals surface area contributed by atoms with Gasteiger partial charge in [-0.15, -0.1) is 0 Å². The summed E-state index contributed by atoms with van der Waals surface area (Å²) in [7, 11) is 1.82. The lowest BCUT2D eigenvalue weighted by Gasteiger charge is -2.21. The van der Waals surface area contributed by atoms with Gasteiger partial charge in [0.25, 0.3) is 5.91 Å².